The van der Waals surface area contributed by atoms with Gasteiger partial charge in [0.25, 0.3) is 5.91 Å². The number of hydrogen-bond acceptors (Lipinski definition) is 2. The van der Waals surface area contributed by atoms with Crippen molar-refractivity contribution in [2.75, 3.05) is 6.54 Å². The van der Waals surface area contributed by atoms with E-state index in [4.69, 9.17) is 5.73 Å². The molecule has 0 radical (unpaired) electrons. The molecule has 2 rings (SSSR count). The minimum Gasteiger partial charge on any atom is -0.349 e. The average Bonchev–Trinajstić information content (AvgIpc) is 2.38. The lowest BCUT2D eigenvalue weighted by Gasteiger charge is -2.31. The molecule has 2 atom stereocenters. The van der Waals surface area contributed by atoms with Crippen LogP contribution in [0.25, 0.3) is 0 Å². The van der Waals surface area contributed by atoms with Crippen molar-refractivity contribution in [1.29, 1.82) is 0 Å². The van der Waals surface area contributed by atoms with Crippen LogP contribution in [-0.2, 0) is 0 Å². The number of halogens is 3. The van der Waals surface area contributed by atoms with E-state index in [1.165, 1.54) is 18.6 Å². The third-order valence-electron chi connectivity index (χ3n) is 3.65. The quantitative estimate of drug-likeness (QED) is 0.864. The molecule has 2 unspecified atom stereocenters. The number of hydrogen-bond donors (Lipinski definition) is 2. The zero-order valence-corrected chi connectivity index (χ0v) is 13.5. The summed E-state index contributed by atoms with van der Waals surface area (Å²) in [5, 5.41) is 2.98. The van der Waals surface area contributed by atoms with E-state index >= 15 is 0 Å². The van der Waals surface area contributed by atoms with Crippen LogP contribution in [0.5, 0.6) is 0 Å². The molecule has 3 N–H and O–H groups in total. The van der Waals surface area contributed by atoms with E-state index in [1.54, 1.807) is 6.07 Å². The zero-order valence-electron chi connectivity index (χ0n) is 11.1. The van der Waals surface area contributed by atoms with Gasteiger partial charge in [-0.1, -0.05) is 28.8 Å². The Balaban J connectivity index is 0.00000200. The highest BCUT2D eigenvalue weighted by Crippen LogP contribution is 2.24. The molecule has 0 bridgehead atoms. The van der Waals surface area contributed by atoms with E-state index in [9.17, 15) is 9.18 Å². The van der Waals surface area contributed by atoms with Crippen LogP contribution in [0.3, 0.4) is 0 Å². The lowest BCUT2D eigenvalue weighted by atomic mass is 9.84. The number of rotatable bonds is 3. The summed E-state index contributed by atoms with van der Waals surface area (Å²) >= 11 is 3.19. The van der Waals surface area contributed by atoms with E-state index in [-0.39, 0.29) is 24.4 Å². The molecule has 0 aromatic heterocycles. The summed E-state index contributed by atoms with van der Waals surface area (Å²) in [6.45, 7) is 0.581. The van der Waals surface area contributed by atoms with Crippen LogP contribution in [0.2, 0.25) is 0 Å². The molecule has 1 amide bonds. The van der Waals surface area contributed by atoms with Crippen LogP contribution in [-0.4, -0.2) is 18.5 Å². The predicted molar refractivity (Wildman–Crippen MR) is 83.6 cm³/mol. The first kappa shape index (κ1) is 17.4. The molecule has 1 aliphatic rings. The Bertz CT molecular complexity index is 452. The van der Waals surface area contributed by atoms with Gasteiger partial charge in [-0.15, -0.1) is 12.4 Å². The van der Waals surface area contributed by atoms with Crippen LogP contribution in [0.1, 0.15) is 36.0 Å². The maximum atomic E-state index is 13.3. The second-order valence-corrected chi connectivity index (χ2v) is 5.93. The van der Waals surface area contributed by atoms with E-state index in [0.29, 0.717) is 22.5 Å². The first-order valence-electron chi connectivity index (χ1n) is 6.57. The van der Waals surface area contributed by atoms with Gasteiger partial charge in [-0.05, 0) is 43.5 Å². The van der Waals surface area contributed by atoms with Crippen molar-refractivity contribution in [3.63, 3.8) is 0 Å². The van der Waals surface area contributed by atoms with E-state index in [0.717, 1.165) is 19.3 Å². The molecule has 0 heterocycles. The maximum Gasteiger partial charge on any atom is 0.251 e. The van der Waals surface area contributed by atoms with Gasteiger partial charge in [-0.25, -0.2) is 4.39 Å². The van der Waals surface area contributed by atoms with Crippen LogP contribution in [0.4, 0.5) is 4.39 Å². The Labute approximate surface area is 133 Å². The number of carbonyl (C=O) groups excluding carboxylic acids is 1. The Kier molecular flexibility index (Phi) is 6.92. The van der Waals surface area contributed by atoms with Crippen molar-refractivity contribution in [1.82, 2.24) is 5.32 Å². The Hall–Kier alpha value is -0.650. The Morgan fingerprint density at radius 2 is 2.05 bits per heavy atom. The summed E-state index contributed by atoms with van der Waals surface area (Å²) in [7, 11) is 0. The SMILES string of the molecule is Cl.NCC1CCCCC1NC(=O)c1cc(F)cc(Br)c1. The molecule has 0 saturated heterocycles. The van der Waals surface area contributed by atoms with Crippen LogP contribution < -0.4 is 11.1 Å². The molecule has 0 spiro atoms. The van der Waals surface area contributed by atoms with Crippen LogP contribution >= 0.6 is 28.3 Å². The van der Waals surface area contributed by atoms with E-state index < -0.39 is 5.82 Å². The third-order valence-corrected chi connectivity index (χ3v) is 4.11. The van der Waals surface area contributed by atoms with Gasteiger partial charge in [0.05, 0.1) is 0 Å². The third kappa shape index (κ3) is 4.43. The minimum atomic E-state index is -0.418. The van der Waals surface area contributed by atoms with E-state index in [1.807, 2.05) is 0 Å². The normalized spacial score (nSPS) is 21.9. The second-order valence-electron chi connectivity index (χ2n) is 5.02. The molecule has 0 aliphatic heterocycles. The molecule has 1 aromatic rings. The van der Waals surface area contributed by atoms with Crippen molar-refractivity contribution in [2.24, 2.45) is 11.7 Å². The summed E-state index contributed by atoms with van der Waals surface area (Å²) < 4.78 is 13.8. The highest BCUT2D eigenvalue weighted by molar-refractivity contribution is 9.10. The number of nitrogens with two attached hydrogens (primary N) is 1. The van der Waals surface area contributed by atoms with Crippen LogP contribution in [0.15, 0.2) is 22.7 Å². The number of carbonyl (C=O) groups is 1. The minimum absolute atomic E-state index is 0. The first-order valence-corrected chi connectivity index (χ1v) is 7.36. The topological polar surface area (TPSA) is 55.1 Å². The number of benzene rings is 1. The van der Waals surface area contributed by atoms with Crippen LogP contribution in [0, 0.1) is 11.7 Å². The van der Waals surface area contributed by atoms with Gasteiger partial charge in [0.15, 0.2) is 0 Å². The molecular formula is C14H19BrClFN2O. The van der Waals surface area contributed by atoms with Gasteiger partial charge in [0, 0.05) is 16.1 Å². The summed E-state index contributed by atoms with van der Waals surface area (Å²) in [5.74, 6) is -0.321. The highest BCUT2D eigenvalue weighted by atomic mass is 79.9. The maximum absolute atomic E-state index is 13.3. The summed E-state index contributed by atoms with van der Waals surface area (Å²) in [6.07, 6.45) is 4.27. The molecule has 3 nitrogen and oxygen atoms in total. The van der Waals surface area contributed by atoms with Gasteiger partial charge >= 0.3 is 0 Å². The fraction of sp³-hybridized carbons (Fsp3) is 0.500. The molecule has 112 valence electrons. The fourth-order valence-electron chi connectivity index (χ4n) is 2.62. The van der Waals surface area contributed by atoms with Crippen molar-refractivity contribution in [2.45, 2.75) is 31.7 Å². The van der Waals surface area contributed by atoms with Gasteiger partial charge < -0.3 is 11.1 Å². The van der Waals surface area contributed by atoms with Crippen molar-refractivity contribution >= 4 is 34.2 Å². The fourth-order valence-corrected chi connectivity index (χ4v) is 3.08. The zero-order chi connectivity index (χ0) is 13.8. The smallest absolute Gasteiger partial charge is 0.251 e. The first-order chi connectivity index (χ1) is 9.10. The lowest BCUT2D eigenvalue weighted by Crippen LogP contribution is -2.44. The predicted octanol–water partition coefficient (Wildman–Crippen LogP) is 3.26. The summed E-state index contributed by atoms with van der Waals surface area (Å²) in [5.41, 5.74) is 6.08. The van der Waals surface area contributed by atoms with E-state index in [2.05, 4.69) is 21.2 Å². The molecular weight excluding hydrogens is 347 g/mol. The van der Waals surface area contributed by atoms with Gasteiger partial charge in [-0.2, -0.15) is 0 Å². The molecule has 1 aromatic carbocycles. The van der Waals surface area contributed by atoms with Crippen molar-refractivity contribution in [3.05, 3.63) is 34.1 Å². The number of amides is 1. The Morgan fingerprint density at radius 1 is 1.35 bits per heavy atom. The Morgan fingerprint density at radius 3 is 2.70 bits per heavy atom. The lowest BCUT2D eigenvalue weighted by molar-refractivity contribution is 0.0907. The highest BCUT2D eigenvalue weighted by Gasteiger charge is 2.25. The van der Waals surface area contributed by atoms with Gasteiger partial charge in [-0.3, -0.25) is 4.79 Å². The summed E-state index contributed by atoms with van der Waals surface area (Å²) in [4.78, 5) is 12.1. The monoisotopic (exact) mass is 364 g/mol. The standard InChI is InChI=1S/C14H18BrFN2O.ClH/c15-11-5-10(6-12(16)7-11)14(19)18-13-4-2-1-3-9(13)8-17;/h5-7,9,13H,1-4,8,17H2,(H,18,19);1H. The largest absolute Gasteiger partial charge is 0.349 e. The molecule has 1 fully saturated rings. The van der Waals surface area contributed by atoms with Crippen molar-refractivity contribution < 1.29 is 9.18 Å². The molecule has 20 heavy (non-hydrogen) atoms. The number of nitrogens with one attached hydrogen (secondary N) is 1. The second kappa shape index (κ2) is 7.96. The molecule has 6 heteroatoms. The van der Waals surface area contributed by atoms with Gasteiger partial charge in [0.2, 0.25) is 0 Å². The summed E-state index contributed by atoms with van der Waals surface area (Å²) in [6, 6.07) is 4.31. The average molecular weight is 366 g/mol. The van der Waals surface area contributed by atoms with Gasteiger partial charge in [0.1, 0.15) is 5.82 Å². The van der Waals surface area contributed by atoms with Crippen molar-refractivity contribution in [3.8, 4) is 0 Å². The molecule has 1 aliphatic carbocycles. The molecule has 1 saturated carbocycles.